The molecule has 0 bridgehead atoms. The third-order valence-corrected chi connectivity index (χ3v) is 5.66. The molecule has 0 atom stereocenters. The zero-order chi connectivity index (χ0) is 17.2. The lowest BCUT2D eigenvalue weighted by Gasteiger charge is -2.35. The van der Waals surface area contributed by atoms with Gasteiger partial charge >= 0.3 is 0 Å². The van der Waals surface area contributed by atoms with E-state index >= 15 is 0 Å². The lowest BCUT2D eigenvalue weighted by atomic mass is 10.0. The van der Waals surface area contributed by atoms with Crippen molar-refractivity contribution in [2.75, 3.05) is 26.8 Å². The van der Waals surface area contributed by atoms with Crippen molar-refractivity contribution in [2.24, 2.45) is 0 Å². The van der Waals surface area contributed by atoms with E-state index in [9.17, 15) is 12.8 Å². The molecule has 7 nitrogen and oxygen atoms in total. The Morgan fingerprint density at radius 3 is 2.83 bits per heavy atom. The van der Waals surface area contributed by atoms with Gasteiger partial charge in [-0.2, -0.15) is 9.29 Å². The molecule has 0 spiro atoms. The van der Waals surface area contributed by atoms with Gasteiger partial charge in [-0.15, -0.1) is 0 Å². The molecule has 1 aliphatic heterocycles. The van der Waals surface area contributed by atoms with Crippen LogP contribution in [0.25, 0.3) is 0 Å². The summed E-state index contributed by atoms with van der Waals surface area (Å²) in [5, 5.41) is 3.84. The summed E-state index contributed by atoms with van der Waals surface area (Å²) in [6, 6.07) is 5.88. The van der Waals surface area contributed by atoms with Crippen molar-refractivity contribution in [1.82, 2.24) is 14.4 Å². The van der Waals surface area contributed by atoms with Crippen molar-refractivity contribution < 1.29 is 22.1 Å². The molecule has 0 amide bonds. The van der Waals surface area contributed by atoms with Crippen molar-refractivity contribution in [3.8, 4) is 0 Å². The first-order valence-electron chi connectivity index (χ1n) is 7.52. The summed E-state index contributed by atoms with van der Waals surface area (Å²) in [4.78, 5) is 4.25. The molecule has 1 fully saturated rings. The minimum Gasteiger partial charge on any atom is -0.384 e. The average Bonchev–Trinajstić information content (AvgIpc) is 2.94. The highest BCUT2D eigenvalue weighted by molar-refractivity contribution is 7.88. The highest BCUT2D eigenvalue weighted by Crippen LogP contribution is 2.29. The van der Waals surface area contributed by atoms with Crippen molar-refractivity contribution in [2.45, 2.75) is 18.1 Å². The maximum Gasteiger partial charge on any atom is 0.232 e. The quantitative estimate of drug-likeness (QED) is 0.745. The molecule has 9 heteroatoms. The Morgan fingerprint density at radius 2 is 2.12 bits per heavy atom. The van der Waals surface area contributed by atoms with Crippen molar-refractivity contribution in [3.05, 3.63) is 47.4 Å². The molecule has 0 N–H and O–H groups in total. The molecule has 0 unspecified atom stereocenters. The molecule has 1 aromatic heterocycles. The van der Waals surface area contributed by atoms with Gasteiger partial charge in [0.15, 0.2) is 5.82 Å². The molecule has 0 saturated carbocycles. The summed E-state index contributed by atoms with van der Waals surface area (Å²) in [5.41, 5.74) is 0.167. The molecule has 0 radical (unpaired) electrons. The summed E-state index contributed by atoms with van der Waals surface area (Å²) >= 11 is 0. The summed E-state index contributed by atoms with van der Waals surface area (Å²) in [5.74, 6) is -0.0186. The molecule has 1 aromatic carbocycles. The van der Waals surface area contributed by atoms with Crippen LogP contribution < -0.4 is 0 Å². The van der Waals surface area contributed by atoms with Crippen LogP contribution in [0.4, 0.5) is 4.39 Å². The monoisotopic (exact) mass is 355 g/mol. The molecule has 2 aromatic rings. The van der Waals surface area contributed by atoms with Gasteiger partial charge in [0.2, 0.25) is 15.9 Å². The van der Waals surface area contributed by atoms with E-state index in [2.05, 4.69) is 10.1 Å². The highest BCUT2D eigenvalue weighted by Gasteiger charge is 2.39. The standard InChI is InChI=1S/C15H18FN3O4S/c1-22-7-6-14-17-15(23-18-14)12-8-19(9-12)24(20,21)10-11-4-2-3-5-13(11)16/h2-5,12H,6-10H2,1H3. The fourth-order valence-corrected chi connectivity index (χ4v) is 4.08. The van der Waals surface area contributed by atoms with Crippen LogP contribution in [-0.4, -0.2) is 49.7 Å². The lowest BCUT2D eigenvalue weighted by Crippen LogP contribution is -2.48. The molecular formula is C15H18FN3O4S. The first-order chi connectivity index (χ1) is 11.5. The number of hydrogen-bond donors (Lipinski definition) is 0. The number of halogens is 1. The third-order valence-electron chi connectivity index (χ3n) is 3.90. The van der Waals surface area contributed by atoms with Gasteiger partial charge in [-0.1, -0.05) is 23.4 Å². The maximum atomic E-state index is 13.6. The topological polar surface area (TPSA) is 85.5 Å². The van der Waals surface area contributed by atoms with E-state index in [0.717, 1.165) is 0 Å². The zero-order valence-corrected chi connectivity index (χ0v) is 14.0. The van der Waals surface area contributed by atoms with Crippen molar-refractivity contribution >= 4 is 10.0 Å². The van der Waals surface area contributed by atoms with E-state index < -0.39 is 15.8 Å². The number of methoxy groups -OCH3 is 1. The molecule has 1 aliphatic rings. The van der Waals surface area contributed by atoms with Crippen LogP contribution in [0.15, 0.2) is 28.8 Å². The number of hydrogen-bond acceptors (Lipinski definition) is 6. The first kappa shape index (κ1) is 17.0. The smallest absolute Gasteiger partial charge is 0.232 e. The predicted molar refractivity (Wildman–Crippen MR) is 83.2 cm³/mol. The van der Waals surface area contributed by atoms with E-state index in [1.807, 2.05) is 0 Å². The average molecular weight is 355 g/mol. The molecular weight excluding hydrogens is 337 g/mol. The van der Waals surface area contributed by atoms with E-state index in [-0.39, 0.29) is 30.3 Å². The second kappa shape index (κ2) is 6.96. The number of aromatic nitrogens is 2. The summed E-state index contributed by atoms with van der Waals surface area (Å²) in [6.07, 6.45) is 0.544. The Hall–Kier alpha value is -1.84. The fourth-order valence-electron chi connectivity index (χ4n) is 2.45. The Bertz CT molecular complexity index is 803. The zero-order valence-electron chi connectivity index (χ0n) is 13.2. The number of benzene rings is 1. The second-order valence-electron chi connectivity index (χ2n) is 5.65. The molecule has 130 valence electrons. The van der Waals surface area contributed by atoms with Gasteiger partial charge in [-0.25, -0.2) is 12.8 Å². The van der Waals surface area contributed by atoms with Gasteiger partial charge in [0.1, 0.15) is 5.82 Å². The summed E-state index contributed by atoms with van der Waals surface area (Å²) < 4.78 is 49.7. The van der Waals surface area contributed by atoms with Gasteiger partial charge in [0, 0.05) is 32.2 Å². The van der Waals surface area contributed by atoms with Crippen LogP contribution in [0.2, 0.25) is 0 Å². The molecule has 2 heterocycles. The summed E-state index contributed by atoms with van der Waals surface area (Å²) in [6.45, 7) is 1.03. The minimum atomic E-state index is -3.56. The van der Waals surface area contributed by atoms with Crippen LogP contribution in [-0.2, 0) is 26.9 Å². The minimum absolute atomic E-state index is 0.121. The maximum absolute atomic E-state index is 13.6. The number of sulfonamides is 1. The SMILES string of the molecule is COCCc1noc(C2CN(S(=O)(=O)Cc3ccccc3F)C2)n1. The Labute approximate surface area is 139 Å². The summed E-state index contributed by atoms with van der Waals surface area (Å²) in [7, 11) is -1.98. The number of ether oxygens (including phenoxy) is 1. The number of nitrogens with zero attached hydrogens (tertiary/aromatic N) is 3. The molecule has 3 rings (SSSR count). The van der Waals surface area contributed by atoms with Gasteiger partial charge < -0.3 is 9.26 Å². The van der Waals surface area contributed by atoms with Gasteiger partial charge in [0.05, 0.1) is 18.3 Å². The Morgan fingerprint density at radius 1 is 1.38 bits per heavy atom. The molecule has 24 heavy (non-hydrogen) atoms. The molecule has 0 aliphatic carbocycles. The van der Waals surface area contributed by atoms with Crippen LogP contribution in [0.5, 0.6) is 0 Å². The van der Waals surface area contributed by atoms with E-state index in [1.54, 1.807) is 13.2 Å². The van der Waals surface area contributed by atoms with E-state index in [4.69, 9.17) is 9.26 Å². The third kappa shape index (κ3) is 3.63. The highest BCUT2D eigenvalue weighted by atomic mass is 32.2. The van der Waals surface area contributed by atoms with Crippen LogP contribution in [0.1, 0.15) is 23.2 Å². The lowest BCUT2D eigenvalue weighted by molar-refractivity contribution is 0.199. The first-order valence-corrected chi connectivity index (χ1v) is 9.13. The number of rotatable bonds is 7. The normalized spacial score (nSPS) is 16.2. The fraction of sp³-hybridized carbons (Fsp3) is 0.467. The van der Waals surface area contributed by atoms with Crippen molar-refractivity contribution in [3.63, 3.8) is 0 Å². The van der Waals surface area contributed by atoms with E-state index in [0.29, 0.717) is 24.7 Å². The van der Waals surface area contributed by atoms with Crippen molar-refractivity contribution in [1.29, 1.82) is 0 Å². The van der Waals surface area contributed by atoms with Gasteiger partial charge in [-0.3, -0.25) is 0 Å². The van der Waals surface area contributed by atoms with Crippen LogP contribution in [0, 0.1) is 5.82 Å². The van der Waals surface area contributed by atoms with Gasteiger partial charge in [0.25, 0.3) is 0 Å². The van der Waals surface area contributed by atoms with Crippen LogP contribution in [0.3, 0.4) is 0 Å². The molecule has 1 saturated heterocycles. The second-order valence-corrected chi connectivity index (χ2v) is 7.62. The largest absolute Gasteiger partial charge is 0.384 e. The Balaban J connectivity index is 1.59. The Kier molecular flexibility index (Phi) is 4.93. The van der Waals surface area contributed by atoms with Crippen LogP contribution >= 0.6 is 0 Å². The van der Waals surface area contributed by atoms with E-state index in [1.165, 1.54) is 22.5 Å². The van der Waals surface area contributed by atoms with Gasteiger partial charge in [-0.05, 0) is 6.07 Å². The predicted octanol–water partition coefficient (Wildman–Crippen LogP) is 1.33.